The summed E-state index contributed by atoms with van der Waals surface area (Å²) in [6.07, 6.45) is 0. The third-order valence-corrected chi connectivity index (χ3v) is 2.34. The summed E-state index contributed by atoms with van der Waals surface area (Å²) in [4.78, 5) is 0. The molecule has 3 heteroatoms. The van der Waals surface area contributed by atoms with Gasteiger partial charge in [0.25, 0.3) is 0 Å². The summed E-state index contributed by atoms with van der Waals surface area (Å²) in [5, 5.41) is 2.77. The second-order valence-electron chi connectivity index (χ2n) is 3.53. The largest absolute Gasteiger partial charge is 0.269 e. The molecule has 15 heavy (non-hydrogen) atoms. The van der Waals surface area contributed by atoms with Gasteiger partial charge in [-0.15, -0.1) is 40.6 Å². The first kappa shape index (κ1) is 17.0. The predicted molar refractivity (Wildman–Crippen MR) is 58.6 cm³/mol. The van der Waals surface area contributed by atoms with E-state index in [2.05, 4.69) is 50.2 Å². The average Bonchev–Trinajstić information content (AvgIpc) is 2.47. The van der Waals surface area contributed by atoms with E-state index < -0.39 is 0 Å². The zero-order chi connectivity index (χ0) is 8.55. The summed E-state index contributed by atoms with van der Waals surface area (Å²) in [7, 11) is 0. The Morgan fingerprint density at radius 2 is 1.60 bits per heavy atom. The topological polar surface area (TPSA) is 0 Å². The number of rotatable bonds is 1. The van der Waals surface area contributed by atoms with Crippen molar-refractivity contribution in [3.63, 3.8) is 0 Å². The first-order valence-electron chi connectivity index (χ1n) is 4.43. The molecular formula is C12H15F2Zr-. The number of fused-ring (bicyclic) bond motifs is 1. The molecule has 82 valence electrons. The van der Waals surface area contributed by atoms with Crippen LogP contribution in [0, 0.1) is 0 Å². The van der Waals surface area contributed by atoms with Crippen LogP contribution in [0.3, 0.4) is 0 Å². The van der Waals surface area contributed by atoms with Gasteiger partial charge in [0, 0.05) is 26.2 Å². The molecule has 0 spiro atoms. The minimum atomic E-state index is 0. The standard InChI is InChI=1S/C12H13.2FH.Zr/c1-9(2)11-8-7-10-5-3-4-6-12(10)11;;;/h3-9H,1-2H3;2*1H;/q-1;;;. The summed E-state index contributed by atoms with van der Waals surface area (Å²) in [5.74, 6) is 0.630. The molecule has 0 atom stereocenters. The van der Waals surface area contributed by atoms with Gasteiger partial charge in [-0.2, -0.15) is 6.07 Å². The maximum Gasteiger partial charge on any atom is 0 e. The van der Waals surface area contributed by atoms with Crippen LogP contribution >= 0.6 is 0 Å². The van der Waals surface area contributed by atoms with Gasteiger partial charge in [0.2, 0.25) is 0 Å². The predicted octanol–water partition coefficient (Wildman–Crippen LogP) is 3.98. The Balaban J connectivity index is 0. The molecule has 2 rings (SSSR count). The van der Waals surface area contributed by atoms with Gasteiger partial charge in [-0.05, 0) is 0 Å². The van der Waals surface area contributed by atoms with Gasteiger partial charge < -0.3 is 0 Å². The summed E-state index contributed by atoms with van der Waals surface area (Å²) in [6, 6.07) is 13.0. The Kier molecular flexibility index (Phi) is 7.87. The van der Waals surface area contributed by atoms with Crippen molar-refractivity contribution in [2.24, 2.45) is 0 Å². The van der Waals surface area contributed by atoms with Crippen molar-refractivity contribution >= 4 is 10.8 Å². The first-order valence-corrected chi connectivity index (χ1v) is 4.43. The molecule has 2 aromatic rings. The Bertz CT molecular complexity index is 393. The van der Waals surface area contributed by atoms with Gasteiger partial charge in [0.05, 0.1) is 0 Å². The first-order chi connectivity index (χ1) is 5.79. The quantitative estimate of drug-likeness (QED) is 0.696. The van der Waals surface area contributed by atoms with Crippen LogP contribution in [0.5, 0.6) is 0 Å². The summed E-state index contributed by atoms with van der Waals surface area (Å²) in [6.45, 7) is 4.48. The van der Waals surface area contributed by atoms with Crippen LogP contribution in [0.4, 0.5) is 9.41 Å². The fraction of sp³-hybridized carbons (Fsp3) is 0.250. The molecule has 0 N–H and O–H groups in total. The van der Waals surface area contributed by atoms with Crippen molar-refractivity contribution in [3.8, 4) is 0 Å². The molecular weight excluding hydrogens is 273 g/mol. The molecule has 0 aromatic heterocycles. The molecule has 0 aliphatic carbocycles. The molecule has 0 amide bonds. The SMILES string of the molecule is CC(C)[c-]1ccc2ccccc21.F.F.[Zr]. The zero-order valence-electron chi connectivity index (χ0n) is 8.86. The van der Waals surface area contributed by atoms with Crippen LogP contribution in [0.1, 0.15) is 25.3 Å². The van der Waals surface area contributed by atoms with E-state index in [0.717, 1.165) is 0 Å². The average molecular weight is 288 g/mol. The summed E-state index contributed by atoms with van der Waals surface area (Å²) < 4.78 is 0. The van der Waals surface area contributed by atoms with Gasteiger partial charge >= 0.3 is 0 Å². The van der Waals surface area contributed by atoms with Crippen LogP contribution in [0.15, 0.2) is 36.4 Å². The smallest absolute Gasteiger partial charge is 0 e. The van der Waals surface area contributed by atoms with Crippen LogP contribution in [-0.4, -0.2) is 0 Å². The fourth-order valence-corrected chi connectivity index (χ4v) is 1.68. The number of hydrogen-bond donors (Lipinski definition) is 0. The molecule has 0 unspecified atom stereocenters. The van der Waals surface area contributed by atoms with Crippen molar-refractivity contribution in [2.45, 2.75) is 19.8 Å². The molecule has 2 aromatic carbocycles. The van der Waals surface area contributed by atoms with Crippen molar-refractivity contribution in [1.82, 2.24) is 0 Å². The number of hydrogen-bond acceptors (Lipinski definition) is 0. The third-order valence-electron chi connectivity index (χ3n) is 2.34. The van der Waals surface area contributed by atoms with Gasteiger partial charge in [0.1, 0.15) is 0 Å². The van der Waals surface area contributed by atoms with Crippen molar-refractivity contribution in [3.05, 3.63) is 42.0 Å². The monoisotopic (exact) mass is 287 g/mol. The Hall–Kier alpha value is -0.427. The van der Waals surface area contributed by atoms with Crippen LogP contribution in [0.2, 0.25) is 0 Å². The maximum atomic E-state index is 2.24. The maximum absolute atomic E-state index is 2.24. The zero-order valence-corrected chi connectivity index (χ0v) is 11.3. The van der Waals surface area contributed by atoms with E-state index in [1.807, 2.05) is 0 Å². The number of benzene rings is 1. The molecule has 0 nitrogen and oxygen atoms in total. The molecule has 0 heterocycles. The Morgan fingerprint density at radius 1 is 1.00 bits per heavy atom. The number of halogens is 2. The second kappa shape index (κ2) is 6.95. The third kappa shape index (κ3) is 3.27. The van der Waals surface area contributed by atoms with Crippen LogP contribution in [-0.2, 0) is 26.2 Å². The van der Waals surface area contributed by atoms with Crippen LogP contribution < -0.4 is 0 Å². The summed E-state index contributed by atoms with van der Waals surface area (Å²) >= 11 is 0. The van der Waals surface area contributed by atoms with Crippen molar-refractivity contribution in [2.75, 3.05) is 0 Å². The minimum absolute atomic E-state index is 0. The molecule has 0 radical (unpaired) electrons. The normalized spacial score (nSPS) is 9.00. The van der Waals surface area contributed by atoms with E-state index in [1.165, 1.54) is 16.3 Å². The molecule has 0 aliphatic rings. The molecule has 0 fully saturated rings. The van der Waals surface area contributed by atoms with E-state index in [9.17, 15) is 0 Å². The molecule has 0 bridgehead atoms. The fourth-order valence-electron chi connectivity index (χ4n) is 1.68. The second-order valence-corrected chi connectivity index (χ2v) is 3.53. The van der Waals surface area contributed by atoms with E-state index in [4.69, 9.17) is 0 Å². The van der Waals surface area contributed by atoms with E-state index in [-0.39, 0.29) is 35.6 Å². The Morgan fingerprint density at radius 3 is 2.20 bits per heavy atom. The molecule has 0 saturated heterocycles. The van der Waals surface area contributed by atoms with E-state index in [1.54, 1.807) is 0 Å². The van der Waals surface area contributed by atoms with Crippen molar-refractivity contribution < 1.29 is 35.6 Å². The van der Waals surface area contributed by atoms with Gasteiger partial charge in [-0.1, -0.05) is 25.8 Å². The van der Waals surface area contributed by atoms with Crippen molar-refractivity contribution in [1.29, 1.82) is 0 Å². The molecule has 0 saturated carbocycles. The van der Waals surface area contributed by atoms with Gasteiger partial charge in [0.15, 0.2) is 0 Å². The summed E-state index contributed by atoms with van der Waals surface area (Å²) in [5.41, 5.74) is 1.46. The molecule has 0 aliphatic heterocycles. The van der Waals surface area contributed by atoms with E-state index in [0.29, 0.717) is 5.92 Å². The van der Waals surface area contributed by atoms with Gasteiger partial charge in [-0.3, -0.25) is 9.41 Å². The van der Waals surface area contributed by atoms with E-state index >= 15 is 0 Å². The van der Waals surface area contributed by atoms with Crippen LogP contribution in [0.25, 0.3) is 10.8 Å². The minimum Gasteiger partial charge on any atom is -0.269 e. The Labute approximate surface area is 108 Å². The van der Waals surface area contributed by atoms with Gasteiger partial charge in [-0.25, -0.2) is 0 Å².